The normalized spacial score (nSPS) is 12.7. The number of aromatic carboxylic acids is 1. The van der Waals surface area contributed by atoms with Gasteiger partial charge in [0.25, 0.3) is 0 Å². The van der Waals surface area contributed by atoms with Gasteiger partial charge in [-0.2, -0.15) is 4.98 Å². The molecule has 3 aromatic rings. The summed E-state index contributed by atoms with van der Waals surface area (Å²) in [5.41, 5.74) is 3.71. The van der Waals surface area contributed by atoms with Gasteiger partial charge in [0.05, 0.1) is 5.69 Å². The first-order valence-electron chi connectivity index (χ1n) is 8.03. The molecule has 1 aromatic carbocycles. The summed E-state index contributed by atoms with van der Waals surface area (Å²) in [7, 11) is 0. The zero-order valence-corrected chi connectivity index (χ0v) is 14.9. The highest BCUT2D eigenvalue weighted by molar-refractivity contribution is 5.92. The molecule has 0 aliphatic carbocycles. The number of benzene rings is 1. The van der Waals surface area contributed by atoms with Crippen LogP contribution in [0.15, 0.2) is 34.9 Å². The first-order chi connectivity index (χ1) is 13.2. The molecule has 2 heterocycles. The fraction of sp³-hybridized carbons (Fsp3) is 0.158. The largest absolute Gasteiger partial charge is 0.476 e. The predicted molar refractivity (Wildman–Crippen MR) is 96.5 cm³/mol. The van der Waals surface area contributed by atoms with Gasteiger partial charge in [0, 0.05) is 24.1 Å². The van der Waals surface area contributed by atoms with Crippen LogP contribution < -0.4 is 5.73 Å². The number of carboxylic acids is 1. The summed E-state index contributed by atoms with van der Waals surface area (Å²) in [6.45, 7) is 3.00. The maximum Gasteiger partial charge on any atom is 0.356 e. The van der Waals surface area contributed by atoms with Crippen molar-refractivity contribution < 1.29 is 23.9 Å². The first-order valence-corrected chi connectivity index (χ1v) is 8.03. The van der Waals surface area contributed by atoms with Crippen LogP contribution >= 0.6 is 0 Å². The third kappa shape index (κ3) is 3.82. The Morgan fingerprint density at radius 2 is 2.07 bits per heavy atom. The first kappa shape index (κ1) is 19.0. The van der Waals surface area contributed by atoms with E-state index in [2.05, 4.69) is 27.0 Å². The van der Waals surface area contributed by atoms with Crippen molar-refractivity contribution in [2.24, 2.45) is 0 Å². The minimum absolute atomic E-state index is 0.0194. The second-order valence-corrected chi connectivity index (χ2v) is 6.10. The van der Waals surface area contributed by atoms with Crippen molar-refractivity contribution in [2.75, 3.05) is 5.73 Å². The number of aliphatic hydroxyl groups is 1. The molecule has 0 unspecified atom stereocenters. The summed E-state index contributed by atoms with van der Waals surface area (Å²) in [4.78, 5) is 19.0. The molecule has 0 bridgehead atoms. The molecule has 0 spiro atoms. The van der Waals surface area contributed by atoms with E-state index in [0.717, 1.165) is 6.07 Å². The van der Waals surface area contributed by atoms with Crippen LogP contribution in [0.25, 0.3) is 11.3 Å². The fourth-order valence-electron chi connectivity index (χ4n) is 2.37. The number of hydrogen-bond acceptors (Lipinski definition) is 7. The number of aryl methyl sites for hydroxylation is 1. The van der Waals surface area contributed by atoms with Gasteiger partial charge in [-0.3, -0.25) is 0 Å². The molecule has 3 rings (SSSR count). The highest BCUT2D eigenvalue weighted by atomic mass is 19.1. The lowest BCUT2D eigenvalue weighted by Crippen LogP contribution is -2.20. The van der Waals surface area contributed by atoms with Gasteiger partial charge < -0.3 is 20.5 Å². The van der Waals surface area contributed by atoms with Crippen molar-refractivity contribution in [2.45, 2.75) is 19.4 Å². The topological polar surface area (TPSA) is 135 Å². The molecule has 0 radical (unpaired) electrons. The van der Waals surface area contributed by atoms with Crippen molar-refractivity contribution in [1.82, 2.24) is 15.1 Å². The Hall–Kier alpha value is -3.77. The number of rotatable bonds is 3. The van der Waals surface area contributed by atoms with E-state index in [1.807, 2.05) is 0 Å². The molecule has 0 amide bonds. The molecule has 0 fully saturated rings. The minimum Gasteiger partial charge on any atom is -0.476 e. The molecule has 2 aromatic heterocycles. The highest BCUT2D eigenvalue weighted by Gasteiger charge is 2.26. The van der Waals surface area contributed by atoms with Crippen molar-refractivity contribution in [3.63, 3.8) is 0 Å². The summed E-state index contributed by atoms with van der Waals surface area (Å²) in [6, 6.07) is 7.22. The zero-order valence-electron chi connectivity index (χ0n) is 14.9. The lowest BCUT2D eigenvalue weighted by molar-refractivity contribution is 0.0691. The number of nitrogen functional groups attached to an aromatic ring is 1. The molecule has 0 aliphatic heterocycles. The van der Waals surface area contributed by atoms with Crippen LogP contribution in [0.5, 0.6) is 0 Å². The summed E-state index contributed by atoms with van der Waals surface area (Å²) in [6.07, 6.45) is 0. The van der Waals surface area contributed by atoms with Crippen molar-refractivity contribution in [1.29, 1.82) is 0 Å². The van der Waals surface area contributed by atoms with Crippen LogP contribution in [0.2, 0.25) is 0 Å². The number of anilines is 1. The van der Waals surface area contributed by atoms with E-state index in [-0.39, 0.29) is 17.2 Å². The molecular formula is C19H15FN4O4. The van der Waals surface area contributed by atoms with Gasteiger partial charge in [-0.25, -0.2) is 14.2 Å². The summed E-state index contributed by atoms with van der Waals surface area (Å²) in [5.74, 6) is 3.57. The van der Waals surface area contributed by atoms with Crippen molar-refractivity contribution in [3.05, 3.63) is 59.1 Å². The van der Waals surface area contributed by atoms with E-state index < -0.39 is 23.1 Å². The van der Waals surface area contributed by atoms with Crippen LogP contribution in [0.3, 0.4) is 0 Å². The van der Waals surface area contributed by atoms with Gasteiger partial charge in [-0.15, -0.1) is 0 Å². The van der Waals surface area contributed by atoms with E-state index in [4.69, 9.17) is 15.4 Å². The average molecular weight is 382 g/mol. The SMILES string of the molecule is Cc1nc([C@](C)(O)C#Cc2cccc(-c3nc(C(=O)O)c(N)cc3F)c2)no1. The van der Waals surface area contributed by atoms with Gasteiger partial charge in [0.2, 0.25) is 11.7 Å². The third-order valence-corrected chi connectivity index (χ3v) is 3.76. The molecular weight excluding hydrogens is 367 g/mol. The van der Waals surface area contributed by atoms with Crippen molar-refractivity contribution in [3.8, 4) is 23.1 Å². The Bertz CT molecular complexity index is 1130. The smallest absolute Gasteiger partial charge is 0.356 e. The van der Waals surface area contributed by atoms with Gasteiger partial charge in [0.15, 0.2) is 17.1 Å². The maximum atomic E-state index is 14.3. The molecule has 28 heavy (non-hydrogen) atoms. The number of carboxylic acid groups (broad SMARTS) is 1. The van der Waals surface area contributed by atoms with Crippen LogP contribution in [-0.2, 0) is 5.60 Å². The standard InChI is InChI=1S/C19H15FN4O4/c1-10-22-18(24-28-10)19(2,27)7-6-11-4-3-5-12(8-11)15-13(20)9-14(21)16(23-15)17(25)26/h3-5,8-9,27H,21H2,1-2H3,(H,25,26)/t19-/m1/s1. The number of carbonyl (C=O) groups is 1. The Morgan fingerprint density at radius 1 is 1.32 bits per heavy atom. The number of nitrogens with two attached hydrogens (primary N) is 1. The molecule has 4 N–H and O–H groups in total. The van der Waals surface area contributed by atoms with Crippen LogP contribution in [0, 0.1) is 24.6 Å². The number of halogens is 1. The Kier molecular flexibility index (Phi) is 4.81. The van der Waals surface area contributed by atoms with E-state index >= 15 is 0 Å². The number of nitrogens with zero attached hydrogens (tertiary/aromatic N) is 3. The molecule has 8 nitrogen and oxygen atoms in total. The summed E-state index contributed by atoms with van der Waals surface area (Å²) in [5, 5.41) is 23.2. The predicted octanol–water partition coefficient (Wildman–Crippen LogP) is 2.12. The summed E-state index contributed by atoms with van der Waals surface area (Å²) >= 11 is 0. The minimum atomic E-state index is -1.66. The van der Waals surface area contributed by atoms with E-state index in [1.165, 1.54) is 13.0 Å². The zero-order chi connectivity index (χ0) is 20.5. The fourth-order valence-corrected chi connectivity index (χ4v) is 2.37. The van der Waals surface area contributed by atoms with Gasteiger partial charge in [-0.1, -0.05) is 29.1 Å². The van der Waals surface area contributed by atoms with Gasteiger partial charge in [0.1, 0.15) is 5.69 Å². The molecule has 142 valence electrons. The second kappa shape index (κ2) is 7.09. The summed E-state index contributed by atoms with van der Waals surface area (Å²) < 4.78 is 19.1. The lowest BCUT2D eigenvalue weighted by atomic mass is 10.0. The molecule has 0 saturated heterocycles. The van der Waals surface area contributed by atoms with Crippen molar-refractivity contribution >= 4 is 11.7 Å². The van der Waals surface area contributed by atoms with E-state index in [9.17, 15) is 14.3 Å². The van der Waals surface area contributed by atoms with E-state index in [0.29, 0.717) is 17.0 Å². The third-order valence-electron chi connectivity index (χ3n) is 3.76. The van der Waals surface area contributed by atoms with Crippen LogP contribution in [-0.4, -0.2) is 31.3 Å². The lowest BCUT2D eigenvalue weighted by Gasteiger charge is -2.10. The van der Waals surface area contributed by atoms with Gasteiger partial charge in [-0.05, 0) is 19.1 Å². The highest BCUT2D eigenvalue weighted by Crippen LogP contribution is 2.25. The van der Waals surface area contributed by atoms with Crippen LogP contribution in [0.1, 0.15) is 34.7 Å². The molecule has 1 atom stereocenters. The average Bonchev–Trinajstić information content (AvgIpc) is 3.07. The quantitative estimate of drug-likeness (QED) is 0.586. The van der Waals surface area contributed by atoms with E-state index in [1.54, 1.807) is 25.1 Å². The molecule has 9 heteroatoms. The Balaban J connectivity index is 1.99. The Morgan fingerprint density at radius 3 is 2.71 bits per heavy atom. The van der Waals surface area contributed by atoms with Crippen LogP contribution in [0.4, 0.5) is 10.1 Å². The molecule has 0 aliphatic rings. The Labute approximate surface area is 158 Å². The number of aromatic nitrogens is 3. The number of hydrogen-bond donors (Lipinski definition) is 3. The molecule has 0 saturated carbocycles. The monoisotopic (exact) mass is 382 g/mol. The second-order valence-electron chi connectivity index (χ2n) is 6.10. The maximum absolute atomic E-state index is 14.3. The number of pyridine rings is 1. The van der Waals surface area contributed by atoms with Gasteiger partial charge >= 0.3 is 5.97 Å².